The van der Waals surface area contributed by atoms with E-state index in [2.05, 4.69) is 24.8 Å². The summed E-state index contributed by atoms with van der Waals surface area (Å²) < 4.78 is 0. The topological polar surface area (TPSA) is 29.3 Å². The summed E-state index contributed by atoms with van der Waals surface area (Å²) in [6.07, 6.45) is 5.86. The van der Waals surface area contributed by atoms with Gasteiger partial charge in [-0.25, -0.2) is 0 Å². The van der Waals surface area contributed by atoms with Gasteiger partial charge in [-0.1, -0.05) is 11.6 Å². The van der Waals surface area contributed by atoms with Gasteiger partial charge in [0.1, 0.15) is 0 Å². The number of nitrogens with two attached hydrogens (primary N) is 1. The van der Waals surface area contributed by atoms with Crippen molar-refractivity contribution in [3.8, 4) is 0 Å². The van der Waals surface area contributed by atoms with Gasteiger partial charge >= 0.3 is 0 Å². The maximum absolute atomic E-state index is 5.84. The Bertz CT molecular complexity index is 163. The molecule has 0 saturated carbocycles. The molecule has 0 aromatic carbocycles. The first-order chi connectivity index (χ1) is 6.18. The molecule has 0 aromatic rings. The van der Waals surface area contributed by atoms with Crippen molar-refractivity contribution >= 4 is 0 Å². The molecule has 13 heavy (non-hydrogen) atoms. The monoisotopic (exact) mass is 182 g/mol. The molecule has 0 aliphatic carbocycles. The summed E-state index contributed by atoms with van der Waals surface area (Å²) in [5.74, 6) is 0. The van der Waals surface area contributed by atoms with Crippen molar-refractivity contribution in [1.29, 1.82) is 0 Å². The maximum atomic E-state index is 5.84. The maximum Gasteiger partial charge on any atom is 0.00631 e. The zero-order valence-electron chi connectivity index (χ0n) is 8.92. The van der Waals surface area contributed by atoms with Crippen LogP contribution in [0.2, 0.25) is 0 Å². The van der Waals surface area contributed by atoms with Crippen LogP contribution in [0.15, 0.2) is 11.6 Å². The van der Waals surface area contributed by atoms with Gasteiger partial charge in [-0.3, -0.25) is 0 Å². The summed E-state index contributed by atoms with van der Waals surface area (Å²) >= 11 is 0. The van der Waals surface area contributed by atoms with Crippen molar-refractivity contribution in [3.63, 3.8) is 0 Å². The van der Waals surface area contributed by atoms with Gasteiger partial charge in [0.25, 0.3) is 0 Å². The third-order valence-corrected chi connectivity index (χ3v) is 2.63. The first-order valence-electron chi connectivity index (χ1n) is 5.30. The largest absolute Gasteiger partial charge is 0.328 e. The summed E-state index contributed by atoms with van der Waals surface area (Å²) in [7, 11) is 0. The molecule has 0 atom stereocenters. The van der Waals surface area contributed by atoms with Crippen LogP contribution in [-0.2, 0) is 0 Å². The molecular weight excluding hydrogens is 160 g/mol. The highest BCUT2D eigenvalue weighted by molar-refractivity contribution is 4.93. The summed E-state index contributed by atoms with van der Waals surface area (Å²) in [4.78, 5) is 2.52. The summed E-state index contributed by atoms with van der Waals surface area (Å²) in [5, 5.41) is 0. The van der Waals surface area contributed by atoms with Crippen LogP contribution >= 0.6 is 0 Å². The molecular formula is C11H22N2. The number of rotatable bonds is 3. The van der Waals surface area contributed by atoms with Crippen molar-refractivity contribution in [2.75, 3.05) is 19.6 Å². The summed E-state index contributed by atoms with van der Waals surface area (Å²) in [5.41, 5.74) is 7.26. The molecule has 0 bridgehead atoms. The fourth-order valence-electron chi connectivity index (χ4n) is 1.71. The number of allylic oxidation sites excluding steroid dienone is 1. The first kappa shape index (κ1) is 10.7. The standard InChI is InChI=1S/C11H22N2/c1-10(2)4-3-7-13-8-5-11(12)6-9-13/h4,11H,3,5-9,12H2,1-2H3. The van der Waals surface area contributed by atoms with Gasteiger partial charge in [-0.15, -0.1) is 0 Å². The minimum atomic E-state index is 0.458. The Balaban J connectivity index is 2.12. The quantitative estimate of drug-likeness (QED) is 0.674. The van der Waals surface area contributed by atoms with Crippen LogP contribution in [-0.4, -0.2) is 30.6 Å². The minimum absolute atomic E-state index is 0.458. The lowest BCUT2D eigenvalue weighted by molar-refractivity contribution is 0.217. The van der Waals surface area contributed by atoms with Gasteiger partial charge in [0.05, 0.1) is 0 Å². The molecule has 1 aliphatic rings. The predicted octanol–water partition coefficient (Wildman–Crippen LogP) is 1.77. The van der Waals surface area contributed by atoms with E-state index < -0.39 is 0 Å². The number of likely N-dealkylation sites (tertiary alicyclic amines) is 1. The molecule has 1 aliphatic heterocycles. The van der Waals surface area contributed by atoms with E-state index in [0.29, 0.717) is 6.04 Å². The van der Waals surface area contributed by atoms with Crippen LogP contribution in [0.4, 0.5) is 0 Å². The highest BCUT2D eigenvalue weighted by Gasteiger charge is 2.14. The van der Waals surface area contributed by atoms with Gasteiger partial charge in [0.15, 0.2) is 0 Å². The molecule has 1 rings (SSSR count). The zero-order valence-corrected chi connectivity index (χ0v) is 8.92. The van der Waals surface area contributed by atoms with E-state index in [1.54, 1.807) is 0 Å². The van der Waals surface area contributed by atoms with Crippen LogP contribution in [0.1, 0.15) is 33.1 Å². The number of hydrogen-bond acceptors (Lipinski definition) is 2. The predicted molar refractivity (Wildman–Crippen MR) is 57.7 cm³/mol. The molecule has 0 radical (unpaired) electrons. The van der Waals surface area contributed by atoms with E-state index in [1.165, 1.54) is 44.5 Å². The lowest BCUT2D eigenvalue weighted by atomic mass is 10.1. The van der Waals surface area contributed by atoms with Gasteiger partial charge < -0.3 is 10.6 Å². The third kappa shape index (κ3) is 4.44. The number of piperidine rings is 1. The van der Waals surface area contributed by atoms with Gasteiger partial charge in [0, 0.05) is 12.6 Å². The average molecular weight is 182 g/mol. The number of nitrogens with zero attached hydrogens (tertiary/aromatic N) is 1. The van der Waals surface area contributed by atoms with Crippen LogP contribution in [0.25, 0.3) is 0 Å². The van der Waals surface area contributed by atoms with E-state index in [0.717, 1.165) is 0 Å². The van der Waals surface area contributed by atoms with Gasteiger partial charge in [-0.05, 0) is 46.2 Å². The Morgan fingerprint density at radius 2 is 2.00 bits per heavy atom. The first-order valence-corrected chi connectivity index (χ1v) is 5.30. The second-order valence-electron chi connectivity index (χ2n) is 4.25. The summed E-state index contributed by atoms with van der Waals surface area (Å²) in [6, 6.07) is 0.458. The molecule has 0 unspecified atom stereocenters. The zero-order chi connectivity index (χ0) is 9.68. The lowest BCUT2D eigenvalue weighted by Crippen LogP contribution is -2.39. The van der Waals surface area contributed by atoms with Crippen LogP contribution in [0, 0.1) is 0 Å². The van der Waals surface area contributed by atoms with Crippen molar-refractivity contribution in [1.82, 2.24) is 4.90 Å². The van der Waals surface area contributed by atoms with E-state index >= 15 is 0 Å². The van der Waals surface area contributed by atoms with E-state index in [1.807, 2.05) is 0 Å². The Kier molecular flexibility index (Phi) is 4.46. The molecule has 0 aromatic heterocycles. The summed E-state index contributed by atoms with van der Waals surface area (Å²) in [6.45, 7) is 7.91. The molecule has 2 N–H and O–H groups in total. The Morgan fingerprint density at radius 3 is 2.54 bits per heavy atom. The second kappa shape index (κ2) is 5.40. The van der Waals surface area contributed by atoms with Crippen molar-refractivity contribution in [3.05, 3.63) is 11.6 Å². The molecule has 0 amide bonds. The molecule has 2 heteroatoms. The molecule has 1 fully saturated rings. The Morgan fingerprint density at radius 1 is 1.38 bits per heavy atom. The average Bonchev–Trinajstić information content (AvgIpc) is 2.08. The van der Waals surface area contributed by atoms with Crippen LogP contribution in [0.3, 0.4) is 0 Å². The second-order valence-corrected chi connectivity index (χ2v) is 4.25. The highest BCUT2D eigenvalue weighted by Crippen LogP contribution is 2.08. The van der Waals surface area contributed by atoms with E-state index in [9.17, 15) is 0 Å². The lowest BCUT2D eigenvalue weighted by Gasteiger charge is -2.29. The molecule has 2 nitrogen and oxygen atoms in total. The van der Waals surface area contributed by atoms with Crippen LogP contribution in [0.5, 0.6) is 0 Å². The third-order valence-electron chi connectivity index (χ3n) is 2.63. The normalized spacial score (nSPS) is 20.2. The van der Waals surface area contributed by atoms with Gasteiger partial charge in [-0.2, -0.15) is 0 Å². The van der Waals surface area contributed by atoms with E-state index in [4.69, 9.17) is 5.73 Å². The smallest absolute Gasteiger partial charge is 0.00631 e. The van der Waals surface area contributed by atoms with Crippen molar-refractivity contribution in [2.45, 2.75) is 39.2 Å². The van der Waals surface area contributed by atoms with E-state index in [-0.39, 0.29) is 0 Å². The SMILES string of the molecule is CC(C)=CCCN1CCC(N)CC1. The Labute approximate surface area is 81.8 Å². The number of hydrogen-bond donors (Lipinski definition) is 1. The van der Waals surface area contributed by atoms with Crippen LogP contribution < -0.4 is 5.73 Å². The fourth-order valence-corrected chi connectivity index (χ4v) is 1.71. The molecule has 76 valence electrons. The Hall–Kier alpha value is -0.340. The fraction of sp³-hybridized carbons (Fsp3) is 0.818. The van der Waals surface area contributed by atoms with Gasteiger partial charge in [0.2, 0.25) is 0 Å². The minimum Gasteiger partial charge on any atom is -0.328 e. The van der Waals surface area contributed by atoms with Crippen molar-refractivity contribution < 1.29 is 0 Å². The molecule has 1 heterocycles. The molecule has 0 spiro atoms. The molecule has 1 saturated heterocycles. The van der Waals surface area contributed by atoms with Crippen molar-refractivity contribution in [2.24, 2.45) is 5.73 Å². The highest BCUT2D eigenvalue weighted by atomic mass is 15.1.